The number of carbonyl (C=O) groups is 2. The number of alkyl halides is 3. The SMILES string of the molecule is C=CN=C/C(=C\N)C(=O)N[C@](C)(COC)C(=O)NCc1ccc(Oc2ccc(OC)cc2C(F)(F)F)cc1. The third kappa shape index (κ3) is 8.10. The molecule has 9 nitrogen and oxygen atoms in total. The Morgan fingerprint density at radius 1 is 1.11 bits per heavy atom. The molecule has 0 spiro atoms. The van der Waals surface area contributed by atoms with Crippen LogP contribution < -0.4 is 25.8 Å². The molecular formula is C26H29F3N4O5. The van der Waals surface area contributed by atoms with Crippen molar-refractivity contribution >= 4 is 18.0 Å². The van der Waals surface area contributed by atoms with Crippen molar-refractivity contribution in [3.8, 4) is 17.2 Å². The lowest BCUT2D eigenvalue weighted by Crippen LogP contribution is -2.59. The van der Waals surface area contributed by atoms with Crippen molar-refractivity contribution < 1.29 is 37.0 Å². The molecule has 12 heteroatoms. The smallest absolute Gasteiger partial charge is 0.420 e. The van der Waals surface area contributed by atoms with Crippen molar-refractivity contribution in [3.63, 3.8) is 0 Å². The highest BCUT2D eigenvalue weighted by molar-refractivity contribution is 6.13. The van der Waals surface area contributed by atoms with E-state index in [4.69, 9.17) is 19.9 Å². The lowest BCUT2D eigenvalue weighted by molar-refractivity contribution is -0.138. The summed E-state index contributed by atoms with van der Waals surface area (Å²) in [5, 5.41) is 5.28. The van der Waals surface area contributed by atoms with Gasteiger partial charge in [-0.25, -0.2) is 0 Å². The number of amides is 2. The second kappa shape index (κ2) is 13.3. The van der Waals surface area contributed by atoms with Crippen molar-refractivity contribution in [2.24, 2.45) is 10.7 Å². The lowest BCUT2D eigenvalue weighted by atomic mass is 10.0. The summed E-state index contributed by atoms with van der Waals surface area (Å²) in [6, 6.07) is 9.50. The Labute approximate surface area is 218 Å². The molecule has 0 fully saturated rings. The molecule has 0 aliphatic carbocycles. The highest BCUT2D eigenvalue weighted by atomic mass is 19.4. The molecule has 204 valence electrons. The van der Waals surface area contributed by atoms with Crippen molar-refractivity contribution in [1.29, 1.82) is 0 Å². The molecule has 0 bridgehead atoms. The first-order chi connectivity index (χ1) is 18.0. The van der Waals surface area contributed by atoms with Crippen LogP contribution >= 0.6 is 0 Å². The van der Waals surface area contributed by atoms with Gasteiger partial charge in [-0.3, -0.25) is 14.6 Å². The monoisotopic (exact) mass is 534 g/mol. The molecular weight excluding hydrogens is 505 g/mol. The van der Waals surface area contributed by atoms with Gasteiger partial charge in [0, 0.05) is 32.3 Å². The number of aliphatic imine (C=N–C) groups is 1. The summed E-state index contributed by atoms with van der Waals surface area (Å²) in [5.41, 5.74) is 3.69. The summed E-state index contributed by atoms with van der Waals surface area (Å²) in [5.74, 6) is -1.36. The summed E-state index contributed by atoms with van der Waals surface area (Å²) < 4.78 is 55.7. The zero-order valence-electron chi connectivity index (χ0n) is 21.1. The van der Waals surface area contributed by atoms with Gasteiger partial charge in [0.1, 0.15) is 28.4 Å². The number of carbonyl (C=O) groups excluding carboxylic acids is 2. The van der Waals surface area contributed by atoms with Crippen LogP contribution in [0.5, 0.6) is 17.2 Å². The molecule has 2 aromatic rings. The van der Waals surface area contributed by atoms with Crippen LogP contribution in [0.1, 0.15) is 18.1 Å². The van der Waals surface area contributed by atoms with E-state index in [1.54, 1.807) is 12.1 Å². The molecule has 2 rings (SSSR count). The Balaban J connectivity index is 2.10. The first-order valence-corrected chi connectivity index (χ1v) is 11.1. The summed E-state index contributed by atoms with van der Waals surface area (Å²) in [6.07, 6.45) is -1.18. The van der Waals surface area contributed by atoms with Crippen molar-refractivity contribution in [2.75, 3.05) is 20.8 Å². The predicted molar refractivity (Wildman–Crippen MR) is 136 cm³/mol. The Morgan fingerprint density at radius 3 is 2.32 bits per heavy atom. The zero-order valence-corrected chi connectivity index (χ0v) is 21.1. The van der Waals surface area contributed by atoms with Crippen molar-refractivity contribution in [2.45, 2.75) is 25.2 Å². The average molecular weight is 535 g/mol. The highest BCUT2D eigenvalue weighted by Gasteiger charge is 2.36. The van der Waals surface area contributed by atoms with Gasteiger partial charge in [-0.2, -0.15) is 13.2 Å². The molecule has 0 heterocycles. The van der Waals surface area contributed by atoms with Crippen LogP contribution in [0.15, 0.2) is 72.0 Å². The van der Waals surface area contributed by atoms with E-state index in [2.05, 4.69) is 22.2 Å². The third-order valence-corrected chi connectivity index (χ3v) is 5.18. The van der Waals surface area contributed by atoms with Gasteiger partial charge in [0.15, 0.2) is 0 Å². The molecule has 0 aromatic heterocycles. The van der Waals surface area contributed by atoms with Gasteiger partial charge in [-0.05, 0) is 42.8 Å². The van der Waals surface area contributed by atoms with Crippen LogP contribution in [0.2, 0.25) is 0 Å². The second-order valence-corrected chi connectivity index (χ2v) is 8.09. The molecule has 0 unspecified atom stereocenters. The number of benzene rings is 2. The summed E-state index contributed by atoms with van der Waals surface area (Å²) in [4.78, 5) is 29.2. The van der Waals surface area contributed by atoms with Crippen LogP contribution in [-0.4, -0.2) is 44.4 Å². The van der Waals surface area contributed by atoms with E-state index in [1.165, 1.54) is 57.8 Å². The van der Waals surface area contributed by atoms with Crippen LogP contribution in [0.3, 0.4) is 0 Å². The first-order valence-electron chi connectivity index (χ1n) is 11.1. The fourth-order valence-corrected chi connectivity index (χ4v) is 3.21. The number of methoxy groups -OCH3 is 2. The Kier molecular flexibility index (Phi) is 10.5. The largest absolute Gasteiger partial charge is 0.497 e. The number of rotatable bonds is 12. The average Bonchev–Trinajstić information content (AvgIpc) is 2.88. The topological polar surface area (TPSA) is 124 Å². The first kappa shape index (κ1) is 29.9. The molecule has 0 saturated carbocycles. The highest BCUT2D eigenvalue weighted by Crippen LogP contribution is 2.40. The molecule has 0 saturated heterocycles. The van der Waals surface area contributed by atoms with E-state index >= 15 is 0 Å². The van der Waals surface area contributed by atoms with Gasteiger partial charge in [-0.1, -0.05) is 18.7 Å². The number of nitrogens with zero attached hydrogens (tertiary/aromatic N) is 1. The van der Waals surface area contributed by atoms with Gasteiger partial charge in [0.25, 0.3) is 5.91 Å². The maximum atomic E-state index is 13.4. The third-order valence-electron chi connectivity index (χ3n) is 5.18. The second-order valence-electron chi connectivity index (χ2n) is 8.09. The van der Waals surface area contributed by atoms with E-state index < -0.39 is 29.1 Å². The number of hydrogen-bond acceptors (Lipinski definition) is 7. The van der Waals surface area contributed by atoms with Gasteiger partial charge in [-0.15, -0.1) is 0 Å². The number of nitrogens with one attached hydrogen (secondary N) is 2. The minimum atomic E-state index is -4.64. The van der Waals surface area contributed by atoms with Gasteiger partial charge >= 0.3 is 6.18 Å². The maximum Gasteiger partial charge on any atom is 0.420 e. The van der Waals surface area contributed by atoms with E-state index in [0.717, 1.165) is 12.3 Å². The van der Waals surface area contributed by atoms with Crippen molar-refractivity contribution in [1.82, 2.24) is 10.6 Å². The van der Waals surface area contributed by atoms with E-state index in [0.29, 0.717) is 5.56 Å². The molecule has 4 N–H and O–H groups in total. The number of hydrogen-bond donors (Lipinski definition) is 3. The quantitative estimate of drug-likeness (QED) is 0.282. The molecule has 0 aliphatic rings. The Hall–Kier alpha value is -4.32. The van der Waals surface area contributed by atoms with Crippen molar-refractivity contribution in [3.05, 3.63) is 78.1 Å². The van der Waals surface area contributed by atoms with E-state index in [9.17, 15) is 22.8 Å². The molecule has 1 atom stereocenters. The molecule has 0 aliphatic heterocycles. The van der Waals surface area contributed by atoms with E-state index in [-0.39, 0.29) is 36.0 Å². The number of halogens is 3. The van der Waals surface area contributed by atoms with Crippen LogP contribution in [0.25, 0.3) is 0 Å². The fraction of sp³-hybridized carbons (Fsp3) is 0.269. The summed E-state index contributed by atoms with van der Waals surface area (Å²) in [7, 11) is 2.65. The van der Waals surface area contributed by atoms with Gasteiger partial charge < -0.3 is 30.6 Å². The predicted octanol–water partition coefficient (Wildman–Crippen LogP) is 3.70. The minimum absolute atomic E-state index is 0.0150. The number of nitrogens with two attached hydrogens (primary N) is 1. The molecule has 2 amide bonds. The standard InChI is InChI=1S/C26H29F3N4O5/c1-5-31-15-18(13-30)23(34)33-25(2,16-36-3)24(35)32-14-17-6-8-19(9-7-17)38-22-11-10-20(37-4)12-21(22)26(27,28)29/h5-13,15H,1,14,16,30H2,2-4H3,(H,32,35)(H,33,34)/b18-13+,31-15?/t25-/m1/s1. The summed E-state index contributed by atoms with van der Waals surface area (Å²) in [6.45, 7) is 4.81. The normalized spacial score (nSPS) is 13.5. The molecule has 0 radical (unpaired) electrons. The van der Waals surface area contributed by atoms with Gasteiger partial charge in [0.05, 0.1) is 19.3 Å². The minimum Gasteiger partial charge on any atom is -0.497 e. The molecule has 38 heavy (non-hydrogen) atoms. The number of ether oxygens (including phenoxy) is 3. The van der Waals surface area contributed by atoms with Crippen LogP contribution in [0, 0.1) is 0 Å². The zero-order chi connectivity index (χ0) is 28.3. The lowest BCUT2D eigenvalue weighted by Gasteiger charge is -2.29. The summed E-state index contributed by atoms with van der Waals surface area (Å²) >= 11 is 0. The van der Waals surface area contributed by atoms with E-state index in [1.807, 2.05) is 0 Å². The van der Waals surface area contributed by atoms with Crippen LogP contribution in [-0.2, 0) is 27.0 Å². The Morgan fingerprint density at radius 2 is 1.76 bits per heavy atom. The fourth-order valence-electron chi connectivity index (χ4n) is 3.21. The molecule has 2 aromatic carbocycles. The maximum absolute atomic E-state index is 13.4. The Bertz CT molecular complexity index is 1200. The van der Waals surface area contributed by atoms with Crippen LogP contribution in [0.4, 0.5) is 13.2 Å². The van der Waals surface area contributed by atoms with Gasteiger partial charge in [0.2, 0.25) is 5.91 Å².